The second-order valence-corrected chi connectivity index (χ2v) is 7.70. The number of nitrogens with zero attached hydrogens (tertiary/aromatic N) is 2. The van der Waals surface area contributed by atoms with Crippen LogP contribution >= 0.6 is 0 Å². The number of hydrogen-bond acceptors (Lipinski definition) is 4. The lowest BCUT2D eigenvalue weighted by Gasteiger charge is -2.18. The molecule has 1 atom stereocenters. The molecule has 3 rings (SSSR count). The van der Waals surface area contributed by atoms with E-state index in [4.69, 9.17) is 9.72 Å². The zero-order valence-corrected chi connectivity index (χ0v) is 16.7. The summed E-state index contributed by atoms with van der Waals surface area (Å²) >= 11 is 0. The Balaban J connectivity index is 1.70. The second-order valence-electron chi connectivity index (χ2n) is 7.70. The summed E-state index contributed by atoms with van der Waals surface area (Å²) in [7, 11) is 1.66. The van der Waals surface area contributed by atoms with E-state index < -0.39 is 0 Å². The van der Waals surface area contributed by atoms with Crippen LogP contribution in [0.3, 0.4) is 0 Å². The van der Waals surface area contributed by atoms with Crippen LogP contribution < -0.4 is 10.1 Å². The number of amides is 1. The first-order valence-corrected chi connectivity index (χ1v) is 9.62. The lowest BCUT2D eigenvalue weighted by Crippen LogP contribution is -2.29. The average Bonchev–Trinajstić information content (AvgIpc) is 3.12. The first-order valence-electron chi connectivity index (χ1n) is 9.62. The van der Waals surface area contributed by atoms with Crippen molar-refractivity contribution in [3.8, 4) is 5.75 Å². The topological polar surface area (TPSA) is 54.5 Å². The van der Waals surface area contributed by atoms with Crippen molar-refractivity contribution in [2.45, 2.75) is 39.5 Å². The van der Waals surface area contributed by atoms with Gasteiger partial charge in [0.25, 0.3) is 0 Å². The predicted molar refractivity (Wildman–Crippen MR) is 109 cm³/mol. The largest absolute Gasteiger partial charge is 0.497 e. The fraction of sp³-hybridized carbons (Fsp3) is 0.455. The highest BCUT2D eigenvalue weighted by atomic mass is 16.5. The van der Waals surface area contributed by atoms with E-state index in [0.29, 0.717) is 18.3 Å². The number of ether oxygens (including phenoxy) is 1. The van der Waals surface area contributed by atoms with Crippen molar-refractivity contribution >= 4 is 17.3 Å². The van der Waals surface area contributed by atoms with Crippen molar-refractivity contribution in [3.05, 3.63) is 47.8 Å². The predicted octanol–water partition coefficient (Wildman–Crippen LogP) is 4.50. The molecule has 1 aliphatic rings. The van der Waals surface area contributed by atoms with Gasteiger partial charge in [0.2, 0.25) is 5.91 Å². The van der Waals surface area contributed by atoms with Gasteiger partial charge in [0.05, 0.1) is 7.11 Å². The minimum Gasteiger partial charge on any atom is -0.497 e. The summed E-state index contributed by atoms with van der Waals surface area (Å²) < 4.78 is 5.21. The third-order valence-corrected chi connectivity index (χ3v) is 4.89. The molecule has 0 unspecified atom stereocenters. The molecule has 1 aromatic carbocycles. The summed E-state index contributed by atoms with van der Waals surface area (Å²) in [6.07, 6.45) is 1.60. The van der Waals surface area contributed by atoms with Crippen molar-refractivity contribution in [2.24, 2.45) is 5.92 Å². The van der Waals surface area contributed by atoms with Crippen LogP contribution in [0.2, 0.25) is 0 Å². The molecule has 5 nitrogen and oxygen atoms in total. The number of rotatable bonds is 6. The molecular weight excluding hydrogens is 338 g/mol. The number of hydrogen-bond donors (Lipinski definition) is 1. The Labute approximate surface area is 161 Å². The third-order valence-electron chi connectivity index (χ3n) is 4.89. The highest BCUT2D eigenvalue weighted by molar-refractivity contribution is 5.76. The summed E-state index contributed by atoms with van der Waals surface area (Å²) in [6, 6.07) is 12.0. The van der Waals surface area contributed by atoms with E-state index in [9.17, 15) is 4.79 Å². The van der Waals surface area contributed by atoms with E-state index in [1.54, 1.807) is 7.11 Å². The standard InChI is InChI=1S/C22H29N3O2/c1-15(2)11-22(26)25-10-9-17(14-25)21-13-19(12-16(3)23-21)24-18-5-7-20(27-4)8-6-18/h5-8,12-13,15,17H,9-11,14H2,1-4H3,(H,23,24)/t17-/m0/s1. The van der Waals surface area contributed by atoms with E-state index in [0.717, 1.165) is 48.0 Å². The molecule has 0 saturated carbocycles. The zero-order chi connectivity index (χ0) is 19.4. The third kappa shape index (κ3) is 5.00. The number of aryl methyl sites for hydroxylation is 1. The highest BCUT2D eigenvalue weighted by Gasteiger charge is 2.28. The fourth-order valence-electron chi connectivity index (χ4n) is 3.52. The molecule has 1 saturated heterocycles. The van der Waals surface area contributed by atoms with E-state index in [1.807, 2.05) is 42.2 Å². The Morgan fingerprint density at radius 1 is 1.26 bits per heavy atom. The van der Waals surface area contributed by atoms with Crippen molar-refractivity contribution in [1.82, 2.24) is 9.88 Å². The van der Waals surface area contributed by atoms with Gasteiger partial charge in [-0.25, -0.2) is 0 Å². The fourth-order valence-corrected chi connectivity index (χ4v) is 3.52. The molecule has 144 valence electrons. The Morgan fingerprint density at radius 3 is 2.67 bits per heavy atom. The second kappa shape index (κ2) is 8.42. The van der Waals surface area contributed by atoms with Crippen molar-refractivity contribution in [2.75, 3.05) is 25.5 Å². The van der Waals surface area contributed by atoms with Gasteiger partial charge in [-0.1, -0.05) is 13.8 Å². The highest BCUT2D eigenvalue weighted by Crippen LogP contribution is 2.30. The molecule has 2 heterocycles. The average molecular weight is 367 g/mol. The molecule has 0 bridgehead atoms. The molecule has 27 heavy (non-hydrogen) atoms. The first kappa shape index (κ1) is 19.2. The maximum atomic E-state index is 12.3. The normalized spacial score (nSPS) is 16.6. The maximum Gasteiger partial charge on any atom is 0.222 e. The van der Waals surface area contributed by atoms with Crippen LogP contribution in [0.5, 0.6) is 5.75 Å². The summed E-state index contributed by atoms with van der Waals surface area (Å²) in [5, 5.41) is 3.44. The smallest absolute Gasteiger partial charge is 0.222 e. The van der Waals surface area contributed by atoms with Crippen LogP contribution in [-0.2, 0) is 4.79 Å². The number of benzene rings is 1. The van der Waals surface area contributed by atoms with Gasteiger partial charge in [0.1, 0.15) is 5.75 Å². The van der Waals surface area contributed by atoms with Gasteiger partial charge >= 0.3 is 0 Å². The molecule has 0 radical (unpaired) electrons. The minimum atomic E-state index is 0.261. The van der Waals surface area contributed by atoms with Gasteiger partial charge in [-0.05, 0) is 55.7 Å². The molecule has 1 aromatic heterocycles. The van der Waals surface area contributed by atoms with Gasteiger partial charge in [-0.3, -0.25) is 9.78 Å². The quantitative estimate of drug-likeness (QED) is 0.816. The monoisotopic (exact) mass is 367 g/mol. The summed E-state index contributed by atoms with van der Waals surface area (Å²) in [5.74, 6) is 1.80. The number of pyridine rings is 1. The number of methoxy groups -OCH3 is 1. The van der Waals surface area contributed by atoms with Crippen molar-refractivity contribution in [1.29, 1.82) is 0 Å². The summed E-state index contributed by atoms with van der Waals surface area (Å²) in [4.78, 5) is 19.1. The Morgan fingerprint density at radius 2 is 2.00 bits per heavy atom. The van der Waals surface area contributed by atoms with Crippen LogP contribution in [0.4, 0.5) is 11.4 Å². The van der Waals surface area contributed by atoms with Gasteiger partial charge in [-0.15, -0.1) is 0 Å². The van der Waals surface area contributed by atoms with E-state index >= 15 is 0 Å². The minimum absolute atomic E-state index is 0.261. The van der Waals surface area contributed by atoms with Crippen LogP contribution in [0.25, 0.3) is 0 Å². The van der Waals surface area contributed by atoms with Crippen molar-refractivity contribution < 1.29 is 9.53 Å². The van der Waals surface area contributed by atoms with Crippen LogP contribution in [-0.4, -0.2) is 36.0 Å². The molecule has 5 heteroatoms. The molecule has 1 amide bonds. The molecule has 1 aliphatic heterocycles. The van der Waals surface area contributed by atoms with Gasteiger partial charge in [-0.2, -0.15) is 0 Å². The number of carbonyl (C=O) groups is 1. The lowest BCUT2D eigenvalue weighted by molar-refractivity contribution is -0.130. The van der Waals surface area contributed by atoms with Gasteiger partial charge < -0.3 is 15.0 Å². The number of likely N-dealkylation sites (tertiary alicyclic amines) is 1. The van der Waals surface area contributed by atoms with E-state index in [1.165, 1.54) is 0 Å². The van der Waals surface area contributed by atoms with Gasteiger partial charge in [0, 0.05) is 48.2 Å². The van der Waals surface area contributed by atoms with E-state index in [-0.39, 0.29) is 5.91 Å². The Kier molecular flexibility index (Phi) is 5.99. The summed E-state index contributed by atoms with van der Waals surface area (Å²) in [6.45, 7) is 7.78. The Bertz CT molecular complexity index is 787. The summed E-state index contributed by atoms with van der Waals surface area (Å²) in [5.41, 5.74) is 4.07. The number of aromatic nitrogens is 1. The number of anilines is 2. The Hall–Kier alpha value is -2.56. The van der Waals surface area contributed by atoms with Crippen LogP contribution in [0, 0.1) is 12.8 Å². The SMILES string of the molecule is COc1ccc(Nc2cc(C)nc([C@H]3CCN(C(=O)CC(C)C)C3)c2)cc1. The zero-order valence-electron chi connectivity index (χ0n) is 16.7. The molecule has 1 N–H and O–H groups in total. The van der Waals surface area contributed by atoms with Gasteiger partial charge in [0.15, 0.2) is 0 Å². The van der Waals surface area contributed by atoms with Crippen LogP contribution in [0.15, 0.2) is 36.4 Å². The first-order chi connectivity index (χ1) is 12.9. The maximum absolute atomic E-state index is 12.3. The number of nitrogens with one attached hydrogen (secondary N) is 1. The lowest BCUT2D eigenvalue weighted by atomic mass is 10.0. The van der Waals surface area contributed by atoms with Crippen LogP contribution in [0.1, 0.15) is 44.0 Å². The molecule has 2 aromatic rings. The molecule has 0 aliphatic carbocycles. The van der Waals surface area contributed by atoms with Crippen molar-refractivity contribution in [3.63, 3.8) is 0 Å². The molecule has 0 spiro atoms. The molecule has 1 fully saturated rings. The molecular formula is C22H29N3O2. The van der Waals surface area contributed by atoms with E-state index in [2.05, 4.69) is 25.2 Å². The number of carbonyl (C=O) groups excluding carboxylic acids is 1.